The summed E-state index contributed by atoms with van der Waals surface area (Å²) in [6.07, 6.45) is 1.66. The lowest BCUT2D eigenvalue weighted by molar-refractivity contribution is 0.486. The highest BCUT2D eigenvalue weighted by Gasteiger charge is 2.11. The van der Waals surface area contributed by atoms with Gasteiger partial charge in [-0.2, -0.15) is 0 Å². The minimum absolute atomic E-state index is 0.731. The summed E-state index contributed by atoms with van der Waals surface area (Å²) >= 11 is 0. The van der Waals surface area contributed by atoms with Gasteiger partial charge < -0.3 is 5.32 Å². The zero-order valence-corrected chi connectivity index (χ0v) is 8.16. The Kier molecular flexibility index (Phi) is 2.68. The quantitative estimate of drug-likeness (QED) is 0.549. The molecule has 1 aromatic rings. The summed E-state index contributed by atoms with van der Waals surface area (Å²) in [5, 5.41) is 2.50. The van der Waals surface area contributed by atoms with E-state index in [1.165, 1.54) is 0 Å². The fourth-order valence-corrected chi connectivity index (χ4v) is 1.06. The van der Waals surface area contributed by atoms with Crippen LogP contribution in [-0.2, 0) is 4.79 Å². The second kappa shape index (κ2) is 3.58. The summed E-state index contributed by atoms with van der Waals surface area (Å²) in [6.45, 7) is 0. The molecule has 1 aromatic carbocycles. The zero-order chi connectivity index (χ0) is 9.90. The van der Waals surface area contributed by atoms with E-state index in [2.05, 4.69) is 26.5 Å². The standard InChI is InChI=1S/C10H14N2O/c1-12(2,3)10-6-4-5-9(7-10)11-8-13/h4-7H,1-3H3,(H,11,13)/q+1. The summed E-state index contributed by atoms with van der Waals surface area (Å²) in [5.41, 5.74) is 1.92. The second-order valence-corrected chi connectivity index (χ2v) is 3.79. The van der Waals surface area contributed by atoms with E-state index in [9.17, 15) is 4.79 Å². The summed E-state index contributed by atoms with van der Waals surface area (Å²) in [5.74, 6) is 0. The number of quaternary nitrogens is 1. The van der Waals surface area contributed by atoms with Gasteiger partial charge in [-0.3, -0.25) is 9.28 Å². The maximum absolute atomic E-state index is 10.1. The molecule has 0 aromatic heterocycles. The van der Waals surface area contributed by atoms with Crippen LogP contribution in [0.3, 0.4) is 0 Å². The Hall–Kier alpha value is -1.35. The predicted octanol–water partition coefficient (Wildman–Crippen LogP) is 1.36. The Balaban J connectivity index is 2.98. The van der Waals surface area contributed by atoms with Crippen molar-refractivity contribution in [1.29, 1.82) is 0 Å². The number of carbonyl (C=O) groups excluding carboxylic acids is 1. The molecule has 1 amide bonds. The highest BCUT2D eigenvalue weighted by atomic mass is 16.1. The Labute approximate surface area is 78.6 Å². The first-order chi connectivity index (χ1) is 6.04. The van der Waals surface area contributed by atoms with Crippen molar-refractivity contribution in [3.63, 3.8) is 0 Å². The fraction of sp³-hybridized carbons (Fsp3) is 0.300. The molecule has 0 aliphatic heterocycles. The first-order valence-corrected chi connectivity index (χ1v) is 4.09. The molecule has 0 bridgehead atoms. The van der Waals surface area contributed by atoms with Crippen LogP contribution in [-0.4, -0.2) is 27.6 Å². The Morgan fingerprint density at radius 3 is 2.54 bits per heavy atom. The molecule has 0 saturated carbocycles. The summed E-state index contributed by atoms with van der Waals surface area (Å²) in [6, 6.07) is 7.71. The van der Waals surface area contributed by atoms with Crippen molar-refractivity contribution in [1.82, 2.24) is 4.48 Å². The SMILES string of the molecule is C[N+](C)(C)c1cccc(N[C]=O)c1. The summed E-state index contributed by atoms with van der Waals surface area (Å²) in [7, 11) is 6.22. The van der Waals surface area contributed by atoms with Crippen LogP contribution >= 0.6 is 0 Å². The molecule has 1 radical (unpaired) electrons. The topological polar surface area (TPSA) is 29.1 Å². The zero-order valence-electron chi connectivity index (χ0n) is 8.16. The second-order valence-electron chi connectivity index (χ2n) is 3.79. The average Bonchev–Trinajstić information content (AvgIpc) is 2.04. The fourth-order valence-electron chi connectivity index (χ4n) is 1.06. The molecule has 0 atom stereocenters. The van der Waals surface area contributed by atoms with Crippen molar-refractivity contribution in [2.24, 2.45) is 0 Å². The molecule has 1 N–H and O–H groups in total. The van der Waals surface area contributed by atoms with Gasteiger partial charge in [0.15, 0.2) is 0 Å². The van der Waals surface area contributed by atoms with Crippen molar-refractivity contribution in [2.45, 2.75) is 0 Å². The molecule has 0 heterocycles. The minimum Gasteiger partial charge on any atom is -0.318 e. The van der Waals surface area contributed by atoms with Gasteiger partial charge in [0.25, 0.3) is 0 Å². The van der Waals surface area contributed by atoms with Crippen LogP contribution in [0.4, 0.5) is 11.4 Å². The largest absolute Gasteiger partial charge is 0.318 e. The van der Waals surface area contributed by atoms with Gasteiger partial charge in [0.2, 0.25) is 0 Å². The molecule has 0 aliphatic rings. The number of nitrogens with zero attached hydrogens (tertiary/aromatic N) is 1. The first kappa shape index (κ1) is 9.74. The van der Waals surface area contributed by atoms with Crippen molar-refractivity contribution >= 4 is 17.8 Å². The predicted molar refractivity (Wildman–Crippen MR) is 55.3 cm³/mol. The monoisotopic (exact) mass is 178 g/mol. The molecule has 13 heavy (non-hydrogen) atoms. The molecule has 0 unspecified atom stereocenters. The highest BCUT2D eigenvalue weighted by Crippen LogP contribution is 2.20. The van der Waals surface area contributed by atoms with E-state index in [0.29, 0.717) is 0 Å². The van der Waals surface area contributed by atoms with Gasteiger partial charge in [-0.05, 0) is 12.1 Å². The third-order valence-electron chi connectivity index (χ3n) is 1.82. The lowest BCUT2D eigenvalue weighted by atomic mass is 10.2. The number of nitrogens with one attached hydrogen (secondary N) is 1. The highest BCUT2D eigenvalue weighted by molar-refractivity contribution is 5.73. The lowest BCUT2D eigenvalue weighted by Gasteiger charge is -2.23. The van der Waals surface area contributed by atoms with Gasteiger partial charge in [0, 0.05) is 11.8 Å². The van der Waals surface area contributed by atoms with E-state index >= 15 is 0 Å². The van der Waals surface area contributed by atoms with Crippen LogP contribution in [0.1, 0.15) is 0 Å². The van der Waals surface area contributed by atoms with Crippen LogP contribution < -0.4 is 9.80 Å². The molecule has 0 aliphatic carbocycles. The van der Waals surface area contributed by atoms with Crippen LogP contribution in [0.25, 0.3) is 0 Å². The van der Waals surface area contributed by atoms with E-state index in [1.54, 1.807) is 6.41 Å². The third-order valence-corrected chi connectivity index (χ3v) is 1.82. The van der Waals surface area contributed by atoms with Crippen molar-refractivity contribution < 1.29 is 4.79 Å². The van der Waals surface area contributed by atoms with Gasteiger partial charge in [0.1, 0.15) is 5.69 Å². The van der Waals surface area contributed by atoms with Crippen LogP contribution in [0, 0.1) is 0 Å². The van der Waals surface area contributed by atoms with Crippen LogP contribution in [0.15, 0.2) is 24.3 Å². The molecule has 1 rings (SSSR count). The van der Waals surface area contributed by atoms with Gasteiger partial charge in [-0.15, -0.1) is 0 Å². The number of anilines is 1. The third kappa shape index (κ3) is 2.56. The maximum Gasteiger partial charge on any atom is 0.314 e. The van der Waals surface area contributed by atoms with E-state index in [-0.39, 0.29) is 0 Å². The lowest BCUT2D eigenvalue weighted by Crippen LogP contribution is -2.34. The smallest absolute Gasteiger partial charge is 0.314 e. The Morgan fingerprint density at radius 1 is 1.31 bits per heavy atom. The van der Waals surface area contributed by atoms with Gasteiger partial charge >= 0.3 is 6.41 Å². The van der Waals surface area contributed by atoms with Crippen molar-refractivity contribution in [3.05, 3.63) is 24.3 Å². The Morgan fingerprint density at radius 2 is 2.00 bits per heavy atom. The van der Waals surface area contributed by atoms with Crippen molar-refractivity contribution in [2.75, 3.05) is 26.5 Å². The van der Waals surface area contributed by atoms with E-state index < -0.39 is 0 Å². The number of amides is 1. The molecule has 3 heteroatoms. The van der Waals surface area contributed by atoms with E-state index in [0.717, 1.165) is 15.9 Å². The number of rotatable bonds is 3. The normalized spacial score (nSPS) is 11.0. The molecule has 3 nitrogen and oxygen atoms in total. The van der Waals surface area contributed by atoms with E-state index in [4.69, 9.17) is 0 Å². The number of hydrogen-bond donors (Lipinski definition) is 1. The average molecular weight is 178 g/mol. The molecular formula is C10H14N2O+. The summed E-state index contributed by atoms with van der Waals surface area (Å²) in [4.78, 5) is 10.1. The van der Waals surface area contributed by atoms with E-state index in [1.807, 2.05) is 24.3 Å². The number of benzene rings is 1. The number of hydrogen-bond acceptors (Lipinski definition) is 1. The molecule has 69 valence electrons. The van der Waals surface area contributed by atoms with Gasteiger partial charge in [-0.25, -0.2) is 0 Å². The molecular weight excluding hydrogens is 164 g/mol. The molecule has 0 saturated heterocycles. The summed E-state index contributed by atoms with van der Waals surface area (Å²) < 4.78 is 0.731. The van der Waals surface area contributed by atoms with Gasteiger partial charge in [0.05, 0.1) is 21.1 Å². The maximum atomic E-state index is 10.1. The van der Waals surface area contributed by atoms with Gasteiger partial charge in [-0.1, -0.05) is 6.07 Å². The minimum atomic E-state index is 0.731. The molecule has 0 spiro atoms. The van der Waals surface area contributed by atoms with Crippen LogP contribution in [0.2, 0.25) is 0 Å². The van der Waals surface area contributed by atoms with Crippen molar-refractivity contribution in [3.8, 4) is 0 Å². The molecule has 0 fully saturated rings. The Bertz CT molecular complexity index is 302. The first-order valence-electron chi connectivity index (χ1n) is 4.09. The van der Waals surface area contributed by atoms with Crippen LogP contribution in [0.5, 0.6) is 0 Å².